The Morgan fingerprint density at radius 3 is 2.43 bits per heavy atom. The van der Waals surface area contributed by atoms with E-state index < -0.39 is 10.8 Å². The number of amides is 1. The van der Waals surface area contributed by atoms with Crippen LogP contribution in [0.1, 0.15) is 46.7 Å². The van der Waals surface area contributed by atoms with Gasteiger partial charge in [0, 0.05) is 38.6 Å². The standard InChI is InChI=1S/C17H20N2O2S2/c1-12-11-22-16(18-12)17(9-3-4-10-17)19-15(20)13-5-7-14(8-6-13)23(2)21/h5-8,11H,3-4,9-10H2,1-2H3,(H,19,20)/t23-/m1/s1. The topological polar surface area (TPSA) is 59.1 Å². The number of nitrogens with one attached hydrogen (secondary N) is 1. The van der Waals surface area contributed by atoms with Crippen molar-refractivity contribution in [1.29, 1.82) is 0 Å². The van der Waals surface area contributed by atoms with Crippen LogP contribution in [0.25, 0.3) is 0 Å². The van der Waals surface area contributed by atoms with E-state index in [1.807, 2.05) is 12.3 Å². The molecule has 2 aromatic rings. The molecule has 1 saturated carbocycles. The third kappa shape index (κ3) is 3.38. The molecule has 3 rings (SSSR count). The van der Waals surface area contributed by atoms with E-state index in [0.717, 1.165) is 41.3 Å². The molecule has 6 heteroatoms. The first kappa shape index (κ1) is 16.3. The predicted molar refractivity (Wildman–Crippen MR) is 93.2 cm³/mol. The number of benzene rings is 1. The Morgan fingerprint density at radius 2 is 1.91 bits per heavy atom. The molecule has 1 aromatic heterocycles. The average molecular weight is 348 g/mol. The van der Waals surface area contributed by atoms with Crippen molar-refractivity contribution in [3.8, 4) is 0 Å². The Bertz CT molecular complexity index is 731. The van der Waals surface area contributed by atoms with Crippen LogP contribution in [0.4, 0.5) is 0 Å². The lowest BCUT2D eigenvalue weighted by Crippen LogP contribution is -2.43. The molecule has 1 amide bonds. The summed E-state index contributed by atoms with van der Waals surface area (Å²) in [6.07, 6.45) is 5.71. The lowest BCUT2D eigenvalue weighted by molar-refractivity contribution is 0.0898. The Balaban J connectivity index is 1.83. The summed E-state index contributed by atoms with van der Waals surface area (Å²) >= 11 is 1.62. The monoisotopic (exact) mass is 348 g/mol. The highest BCUT2D eigenvalue weighted by Crippen LogP contribution is 2.40. The summed E-state index contributed by atoms with van der Waals surface area (Å²) in [5.41, 5.74) is 1.27. The minimum atomic E-state index is -1.03. The molecule has 0 unspecified atom stereocenters. The normalized spacial score (nSPS) is 17.8. The lowest BCUT2D eigenvalue weighted by Gasteiger charge is -2.28. The van der Waals surface area contributed by atoms with Gasteiger partial charge in [0.2, 0.25) is 0 Å². The smallest absolute Gasteiger partial charge is 0.252 e. The van der Waals surface area contributed by atoms with Crippen molar-refractivity contribution in [3.05, 3.63) is 45.9 Å². The molecule has 122 valence electrons. The maximum atomic E-state index is 12.7. The zero-order valence-corrected chi connectivity index (χ0v) is 14.9. The number of carbonyl (C=O) groups is 1. The third-order valence-electron chi connectivity index (χ3n) is 4.29. The molecule has 1 atom stereocenters. The lowest BCUT2D eigenvalue weighted by atomic mass is 9.97. The van der Waals surface area contributed by atoms with Crippen molar-refractivity contribution >= 4 is 28.0 Å². The van der Waals surface area contributed by atoms with Gasteiger partial charge in [-0.1, -0.05) is 12.8 Å². The maximum absolute atomic E-state index is 12.7. The van der Waals surface area contributed by atoms with Gasteiger partial charge in [0.1, 0.15) is 5.01 Å². The van der Waals surface area contributed by atoms with Gasteiger partial charge in [0.25, 0.3) is 5.91 Å². The number of thiazole rings is 1. The van der Waals surface area contributed by atoms with Crippen molar-refractivity contribution in [2.45, 2.75) is 43.0 Å². The zero-order valence-electron chi connectivity index (χ0n) is 13.3. The molecule has 0 saturated heterocycles. The largest absolute Gasteiger partial charge is 0.340 e. The van der Waals surface area contributed by atoms with E-state index in [1.165, 1.54) is 0 Å². The van der Waals surface area contributed by atoms with E-state index >= 15 is 0 Å². The van der Waals surface area contributed by atoms with E-state index in [1.54, 1.807) is 41.9 Å². The first-order valence-corrected chi connectivity index (χ1v) is 10.1. The maximum Gasteiger partial charge on any atom is 0.252 e. The van der Waals surface area contributed by atoms with Gasteiger partial charge in [-0.25, -0.2) is 4.98 Å². The summed E-state index contributed by atoms with van der Waals surface area (Å²) < 4.78 is 11.4. The number of aryl methyl sites for hydroxylation is 1. The van der Waals surface area contributed by atoms with E-state index in [4.69, 9.17) is 0 Å². The molecule has 0 bridgehead atoms. The first-order valence-electron chi connectivity index (χ1n) is 7.69. The fourth-order valence-electron chi connectivity index (χ4n) is 3.03. The SMILES string of the molecule is Cc1csc(C2(NC(=O)c3ccc([S@@](C)=O)cc3)CCCC2)n1. The quantitative estimate of drug-likeness (QED) is 0.921. The summed E-state index contributed by atoms with van der Waals surface area (Å²) in [4.78, 5) is 18.0. The molecular formula is C17H20N2O2S2. The summed E-state index contributed by atoms with van der Waals surface area (Å²) in [5, 5.41) is 6.26. The van der Waals surface area contributed by atoms with Crippen LogP contribution in [-0.2, 0) is 16.3 Å². The van der Waals surface area contributed by atoms with Crippen LogP contribution in [0.5, 0.6) is 0 Å². The molecular weight excluding hydrogens is 328 g/mol. The molecule has 0 aliphatic heterocycles. The van der Waals surface area contributed by atoms with Crippen LogP contribution in [0.2, 0.25) is 0 Å². The van der Waals surface area contributed by atoms with Crippen LogP contribution in [0.15, 0.2) is 34.5 Å². The molecule has 4 nitrogen and oxygen atoms in total. The second-order valence-corrected chi connectivity index (χ2v) is 8.25. The molecule has 1 fully saturated rings. The van der Waals surface area contributed by atoms with Crippen molar-refractivity contribution < 1.29 is 9.00 Å². The van der Waals surface area contributed by atoms with Gasteiger partial charge >= 0.3 is 0 Å². The van der Waals surface area contributed by atoms with Crippen molar-refractivity contribution in [2.75, 3.05) is 6.26 Å². The van der Waals surface area contributed by atoms with Crippen LogP contribution in [0.3, 0.4) is 0 Å². The van der Waals surface area contributed by atoms with Gasteiger partial charge in [-0.2, -0.15) is 0 Å². The molecule has 0 radical (unpaired) electrons. The Kier molecular flexibility index (Phi) is 4.64. The first-order chi connectivity index (χ1) is 11.0. The highest BCUT2D eigenvalue weighted by molar-refractivity contribution is 7.84. The molecule has 1 N–H and O–H groups in total. The number of hydrogen-bond donors (Lipinski definition) is 1. The van der Waals surface area contributed by atoms with Crippen molar-refractivity contribution in [3.63, 3.8) is 0 Å². The average Bonchev–Trinajstić information content (AvgIpc) is 3.17. The Morgan fingerprint density at radius 1 is 1.26 bits per heavy atom. The fourth-order valence-corrected chi connectivity index (χ4v) is 4.56. The van der Waals surface area contributed by atoms with E-state index in [2.05, 4.69) is 10.3 Å². The highest BCUT2D eigenvalue weighted by Gasteiger charge is 2.39. The number of rotatable bonds is 4. The van der Waals surface area contributed by atoms with Crippen molar-refractivity contribution in [2.24, 2.45) is 0 Å². The molecule has 0 spiro atoms. The number of aromatic nitrogens is 1. The summed E-state index contributed by atoms with van der Waals surface area (Å²) in [7, 11) is -1.03. The minimum absolute atomic E-state index is 0.0896. The van der Waals surface area contributed by atoms with E-state index in [0.29, 0.717) is 5.56 Å². The van der Waals surface area contributed by atoms with Gasteiger partial charge in [-0.15, -0.1) is 11.3 Å². The Hall–Kier alpha value is -1.53. The van der Waals surface area contributed by atoms with Crippen LogP contribution in [0, 0.1) is 6.92 Å². The van der Waals surface area contributed by atoms with Gasteiger partial charge in [-0.3, -0.25) is 9.00 Å². The van der Waals surface area contributed by atoms with E-state index in [9.17, 15) is 9.00 Å². The number of nitrogens with zero attached hydrogens (tertiary/aromatic N) is 1. The fraction of sp³-hybridized carbons (Fsp3) is 0.412. The summed E-state index contributed by atoms with van der Waals surface area (Å²) in [5.74, 6) is -0.0896. The van der Waals surface area contributed by atoms with Gasteiger partial charge in [-0.05, 0) is 44.0 Å². The zero-order chi connectivity index (χ0) is 16.4. The van der Waals surface area contributed by atoms with Gasteiger partial charge in [0.15, 0.2) is 0 Å². The predicted octanol–water partition coefficient (Wildman–Crippen LogP) is 3.39. The Labute approximate surface area is 142 Å². The second kappa shape index (κ2) is 6.53. The third-order valence-corrected chi connectivity index (χ3v) is 6.39. The number of hydrogen-bond acceptors (Lipinski definition) is 4. The second-order valence-electron chi connectivity index (χ2n) is 6.02. The van der Waals surface area contributed by atoms with Crippen LogP contribution in [-0.4, -0.2) is 21.4 Å². The highest BCUT2D eigenvalue weighted by atomic mass is 32.2. The molecule has 1 aliphatic carbocycles. The molecule has 1 aliphatic rings. The molecule has 23 heavy (non-hydrogen) atoms. The summed E-state index contributed by atoms with van der Waals surface area (Å²) in [6, 6.07) is 6.98. The van der Waals surface area contributed by atoms with Crippen LogP contribution >= 0.6 is 11.3 Å². The van der Waals surface area contributed by atoms with Gasteiger partial charge < -0.3 is 5.32 Å². The van der Waals surface area contributed by atoms with E-state index in [-0.39, 0.29) is 11.4 Å². The number of carbonyl (C=O) groups excluding carboxylic acids is 1. The van der Waals surface area contributed by atoms with Crippen LogP contribution < -0.4 is 5.32 Å². The minimum Gasteiger partial charge on any atom is -0.340 e. The van der Waals surface area contributed by atoms with Crippen molar-refractivity contribution in [1.82, 2.24) is 10.3 Å². The molecule has 1 aromatic carbocycles. The molecule has 1 heterocycles. The summed E-state index contributed by atoms with van der Waals surface area (Å²) in [6.45, 7) is 1.98. The van der Waals surface area contributed by atoms with Gasteiger partial charge in [0.05, 0.1) is 5.54 Å².